The molecule has 0 aromatic heterocycles. The first kappa shape index (κ1) is 16.8. The van der Waals surface area contributed by atoms with Crippen LogP contribution in [0.5, 0.6) is 0 Å². The van der Waals surface area contributed by atoms with E-state index in [-0.39, 0.29) is 6.04 Å². The molecule has 0 saturated carbocycles. The summed E-state index contributed by atoms with van der Waals surface area (Å²) in [5.41, 5.74) is 11.5. The van der Waals surface area contributed by atoms with Crippen molar-refractivity contribution in [2.24, 2.45) is 38.2 Å². The second-order valence-electron chi connectivity index (χ2n) is 4.49. The van der Waals surface area contributed by atoms with Crippen molar-refractivity contribution < 1.29 is 0 Å². The highest BCUT2D eigenvalue weighted by molar-refractivity contribution is 4.76. The topological polar surface area (TPSA) is 99.5 Å². The number of nitrogens with one attached hydrogen (secondary N) is 2. The Morgan fingerprint density at radius 3 is 1.61 bits per heavy atom. The maximum atomic E-state index is 6.21. The van der Waals surface area contributed by atoms with E-state index in [2.05, 4.69) is 45.4 Å². The highest BCUT2D eigenvalue weighted by atomic mass is 15.4. The third-order valence-electron chi connectivity index (χ3n) is 3.02. The molecule has 0 fully saturated rings. The Hall–Kier alpha value is -1.24. The van der Waals surface area contributed by atoms with Gasteiger partial charge in [-0.1, -0.05) is 24.3 Å². The minimum atomic E-state index is 0.166. The Morgan fingerprint density at radius 1 is 0.889 bits per heavy atom. The highest BCUT2D eigenvalue weighted by Gasteiger charge is 2.18. The second kappa shape index (κ2) is 10.9. The summed E-state index contributed by atoms with van der Waals surface area (Å²) >= 11 is 0. The van der Waals surface area contributed by atoms with Crippen LogP contribution in [0.25, 0.3) is 0 Å². The van der Waals surface area contributed by atoms with Crippen LogP contribution in [0.15, 0.2) is 20.7 Å². The zero-order chi connectivity index (χ0) is 13.8. The minimum absolute atomic E-state index is 0.166. The molecule has 0 aliphatic carbocycles. The lowest BCUT2D eigenvalue weighted by molar-refractivity contribution is 0.318. The van der Waals surface area contributed by atoms with E-state index in [1.54, 1.807) is 14.1 Å². The molecule has 0 heterocycles. The van der Waals surface area contributed by atoms with Crippen molar-refractivity contribution in [2.45, 2.75) is 32.7 Å². The maximum Gasteiger partial charge on any atom is 0.0623 e. The zero-order valence-electron chi connectivity index (χ0n) is 11.9. The monoisotopic (exact) mass is 257 g/mol. The molecule has 7 heteroatoms. The van der Waals surface area contributed by atoms with Gasteiger partial charge in [-0.15, -0.1) is 0 Å². The molecule has 0 rings (SSSR count). The standard InChI is InChI=1S/C11H27N7/c1-9(5-7-15-17-13-3)11(12)10(2)6-8-16-18-14-4/h9-11H,5-8,12H2,1-4H3,(H,13,15)(H,14,16). The molecule has 0 aliphatic heterocycles. The quantitative estimate of drug-likeness (QED) is 0.409. The summed E-state index contributed by atoms with van der Waals surface area (Å²) in [6.07, 6.45) is 1.91. The first-order valence-corrected chi connectivity index (χ1v) is 6.45. The van der Waals surface area contributed by atoms with Crippen LogP contribution < -0.4 is 16.6 Å². The second-order valence-corrected chi connectivity index (χ2v) is 4.49. The van der Waals surface area contributed by atoms with Gasteiger partial charge in [-0.25, -0.2) is 0 Å². The van der Waals surface area contributed by atoms with Crippen molar-refractivity contribution in [1.29, 1.82) is 0 Å². The lowest BCUT2D eigenvalue weighted by atomic mass is 9.87. The average molecular weight is 257 g/mol. The summed E-state index contributed by atoms with van der Waals surface area (Å²) in [6.45, 7) is 5.74. The minimum Gasteiger partial charge on any atom is -0.327 e. The molecule has 0 amide bonds. The Labute approximate surface area is 110 Å². The number of hydrogen-bond acceptors (Lipinski definition) is 5. The van der Waals surface area contributed by atoms with Gasteiger partial charge < -0.3 is 5.73 Å². The molecule has 0 bridgehead atoms. The molecule has 0 saturated heterocycles. The molecule has 0 aromatic carbocycles. The van der Waals surface area contributed by atoms with Gasteiger partial charge in [-0.3, -0.25) is 10.9 Å². The molecule has 0 aliphatic rings. The Morgan fingerprint density at radius 2 is 1.28 bits per heavy atom. The summed E-state index contributed by atoms with van der Waals surface area (Å²) in [6, 6.07) is 0.166. The third-order valence-corrected chi connectivity index (χ3v) is 3.02. The molecule has 0 aromatic rings. The van der Waals surface area contributed by atoms with Crippen molar-refractivity contribution in [2.75, 3.05) is 27.2 Å². The molecule has 106 valence electrons. The molecule has 0 spiro atoms. The van der Waals surface area contributed by atoms with Gasteiger partial charge in [0.2, 0.25) is 0 Å². The SMILES string of the molecule is CNN=NCCC(C)C(N)C(C)CCN=NNC. The van der Waals surface area contributed by atoms with Crippen LogP contribution >= 0.6 is 0 Å². The molecule has 2 atom stereocenters. The fourth-order valence-electron chi connectivity index (χ4n) is 1.71. The van der Waals surface area contributed by atoms with Gasteiger partial charge in [-0.2, -0.15) is 10.2 Å². The van der Waals surface area contributed by atoms with E-state index in [1.807, 2.05) is 0 Å². The van der Waals surface area contributed by atoms with Gasteiger partial charge in [0.25, 0.3) is 0 Å². The van der Waals surface area contributed by atoms with E-state index >= 15 is 0 Å². The molecule has 0 radical (unpaired) electrons. The predicted octanol–water partition coefficient (Wildman–Crippen LogP) is 1.54. The third kappa shape index (κ3) is 7.94. The van der Waals surface area contributed by atoms with Crippen LogP contribution in [0, 0.1) is 11.8 Å². The van der Waals surface area contributed by atoms with E-state index in [1.165, 1.54) is 0 Å². The van der Waals surface area contributed by atoms with Crippen LogP contribution in [-0.2, 0) is 0 Å². The van der Waals surface area contributed by atoms with Gasteiger partial charge in [0.05, 0.1) is 13.1 Å². The van der Waals surface area contributed by atoms with Crippen LogP contribution in [0.1, 0.15) is 26.7 Å². The normalized spacial score (nSPS) is 16.9. The van der Waals surface area contributed by atoms with Crippen molar-refractivity contribution in [3.63, 3.8) is 0 Å². The lowest BCUT2D eigenvalue weighted by Crippen LogP contribution is -2.35. The van der Waals surface area contributed by atoms with E-state index in [9.17, 15) is 0 Å². The summed E-state index contributed by atoms with van der Waals surface area (Å²) in [7, 11) is 3.47. The summed E-state index contributed by atoms with van der Waals surface area (Å²) in [4.78, 5) is 0. The van der Waals surface area contributed by atoms with Crippen molar-refractivity contribution >= 4 is 0 Å². The van der Waals surface area contributed by atoms with E-state index < -0.39 is 0 Å². The Kier molecular flexibility index (Phi) is 10.1. The summed E-state index contributed by atoms with van der Waals surface area (Å²) in [5, 5.41) is 15.4. The van der Waals surface area contributed by atoms with Crippen LogP contribution in [0.3, 0.4) is 0 Å². The highest BCUT2D eigenvalue weighted by Crippen LogP contribution is 2.17. The molecule has 2 unspecified atom stereocenters. The lowest BCUT2D eigenvalue weighted by Gasteiger charge is -2.25. The van der Waals surface area contributed by atoms with E-state index in [0.717, 1.165) is 12.8 Å². The largest absolute Gasteiger partial charge is 0.327 e. The Bertz CT molecular complexity index is 218. The van der Waals surface area contributed by atoms with Gasteiger partial charge in [0.15, 0.2) is 0 Å². The summed E-state index contributed by atoms with van der Waals surface area (Å²) in [5.74, 6) is 0.856. The van der Waals surface area contributed by atoms with Crippen molar-refractivity contribution in [3.8, 4) is 0 Å². The summed E-state index contributed by atoms with van der Waals surface area (Å²) < 4.78 is 0. The first-order chi connectivity index (χ1) is 8.63. The van der Waals surface area contributed by atoms with E-state index in [4.69, 9.17) is 5.73 Å². The van der Waals surface area contributed by atoms with Crippen LogP contribution in [0.4, 0.5) is 0 Å². The molecular weight excluding hydrogens is 230 g/mol. The van der Waals surface area contributed by atoms with Crippen LogP contribution in [-0.4, -0.2) is 33.2 Å². The smallest absolute Gasteiger partial charge is 0.0623 e. The fraction of sp³-hybridized carbons (Fsp3) is 1.00. The van der Waals surface area contributed by atoms with Gasteiger partial charge in [-0.05, 0) is 24.7 Å². The molecule has 4 N–H and O–H groups in total. The van der Waals surface area contributed by atoms with Gasteiger partial charge >= 0.3 is 0 Å². The van der Waals surface area contributed by atoms with Gasteiger partial charge in [0, 0.05) is 20.1 Å². The first-order valence-electron chi connectivity index (χ1n) is 6.45. The zero-order valence-corrected chi connectivity index (χ0v) is 11.9. The van der Waals surface area contributed by atoms with Crippen molar-refractivity contribution in [3.05, 3.63) is 0 Å². The van der Waals surface area contributed by atoms with Crippen molar-refractivity contribution in [1.82, 2.24) is 10.9 Å². The molecular formula is C11H27N7. The van der Waals surface area contributed by atoms with Gasteiger partial charge in [0.1, 0.15) is 0 Å². The Balaban J connectivity index is 3.84. The molecule has 7 nitrogen and oxygen atoms in total. The average Bonchev–Trinajstić information content (AvgIpc) is 2.38. The van der Waals surface area contributed by atoms with Crippen LogP contribution in [0.2, 0.25) is 0 Å². The number of rotatable bonds is 10. The predicted molar refractivity (Wildman–Crippen MR) is 73.1 cm³/mol. The maximum absolute atomic E-state index is 6.21. The fourth-order valence-corrected chi connectivity index (χ4v) is 1.71. The number of nitrogens with zero attached hydrogens (tertiary/aromatic N) is 4. The van der Waals surface area contributed by atoms with E-state index in [0.29, 0.717) is 24.9 Å². The number of hydrogen-bond donors (Lipinski definition) is 3. The number of nitrogens with two attached hydrogens (primary N) is 1. The molecule has 18 heavy (non-hydrogen) atoms.